The second-order valence-electron chi connectivity index (χ2n) is 5.91. The molecular weight excluding hydrogens is 372 g/mol. The van der Waals surface area contributed by atoms with Gasteiger partial charge in [0.05, 0.1) is 10.6 Å². The first kappa shape index (κ1) is 20.3. The van der Waals surface area contributed by atoms with Crippen LogP contribution in [0.1, 0.15) is 25.3 Å². The van der Waals surface area contributed by atoms with E-state index in [1.165, 1.54) is 12.1 Å². The molecule has 0 bridgehead atoms. The first-order chi connectivity index (χ1) is 12.4. The van der Waals surface area contributed by atoms with E-state index in [2.05, 4.69) is 5.32 Å². The van der Waals surface area contributed by atoms with Gasteiger partial charge in [0.25, 0.3) is 10.0 Å². The van der Waals surface area contributed by atoms with Crippen molar-refractivity contribution in [3.05, 3.63) is 59.1 Å². The van der Waals surface area contributed by atoms with Crippen LogP contribution in [-0.2, 0) is 14.8 Å². The second-order valence-corrected chi connectivity index (χ2v) is 8.18. The molecule has 1 N–H and O–H groups in total. The quantitative estimate of drug-likeness (QED) is 0.693. The van der Waals surface area contributed by atoms with E-state index in [-0.39, 0.29) is 17.3 Å². The maximum Gasteiger partial charge on any atom is 0.264 e. The van der Waals surface area contributed by atoms with Gasteiger partial charge in [-0.3, -0.25) is 9.10 Å². The number of rotatable bonds is 8. The summed E-state index contributed by atoms with van der Waals surface area (Å²) >= 11 is 6.17. The van der Waals surface area contributed by atoms with Gasteiger partial charge in [0, 0.05) is 11.6 Å². The Morgan fingerprint density at radius 3 is 2.46 bits per heavy atom. The van der Waals surface area contributed by atoms with Crippen LogP contribution >= 0.6 is 11.6 Å². The maximum absolute atomic E-state index is 13.2. The Morgan fingerprint density at radius 2 is 1.81 bits per heavy atom. The summed E-state index contributed by atoms with van der Waals surface area (Å²) in [4.78, 5) is 12.5. The molecule has 1 amide bonds. The molecule has 0 saturated heterocycles. The van der Waals surface area contributed by atoms with Gasteiger partial charge < -0.3 is 5.32 Å². The lowest BCUT2D eigenvalue weighted by Gasteiger charge is -2.26. The normalized spacial score (nSPS) is 11.2. The van der Waals surface area contributed by atoms with Gasteiger partial charge in [0.1, 0.15) is 6.54 Å². The Labute approximate surface area is 160 Å². The molecule has 0 atom stereocenters. The minimum absolute atomic E-state index is 0.126. The Hall–Kier alpha value is -2.05. The Bertz CT molecular complexity index is 854. The summed E-state index contributed by atoms with van der Waals surface area (Å²) < 4.78 is 27.4. The minimum Gasteiger partial charge on any atom is -0.355 e. The topological polar surface area (TPSA) is 66.5 Å². The van der Waals surface area contributed by atoms with Gasteiger partial charge in [-0.25, -0.2) is 8.42 Å². The Morgan fingerprint density at radius 1 is 1.12 bits per heavy atom. The monoisotopic (exact) mass is 394 g/mol. The summed E-state index contributed by atoms with van der Waals surface area (Å²) in [5, 5.41) is 3.21. The smallest absolute Gasteiger partial charge is 0.264 e. The van der Waals surface area contributed by atoms with Crippen molar-refractivity contribution in [1.29, 1.82) is 0 Å². The zero-order chi connectivity index (χ0) is 19.2. The van der Waals surface area contributed by atoms with Crippen LogP contribution in [0.15, 0.2) is 53.4 Å². The van der Waals surface area contributed by atoms with Crippen LogP contribution in [0.5, 0.6) is 0 Å². The number of halogens is 1. The van der Waals surface area contributed by atoms with Crippen molar-refractivity contribution in [3.8, 4) is 0 Å². The number of unbranched alkanes of at least 4 members (excludes halogenated alkanes) is 1. The fraction of sp³-hybridized carbons (Fsp3) is 0.316. The number of benzene rings is 2. The van der Waals surface area contributed by atoms with Crippen molar-refractivity contribution in [2.24, 2.45) is 0 Å². The van der Waals surface area contributed by atoms with Crippen molar-refractivity contribution >= 4 is 33.2 Å². The molecule has 26 heavy (non-hydrogen) atoms. The highest BCUT2D eigenvalue weighted by atomic mass is 35.5. The number of nitrogens with one attached hydrogen (secondary N) is 1. The van der Waals surface area contributed by atoms with Gasteiger partial charge >= 0.3 is 0 Å². The lowest BCUT2D eigenvalue weighted by molar-refractivity contribution is -0.119. The van der Waals surface area contributed by atoms with Gasteiger partial charge in [-0.2, -0.15) is 0 Å². The average molecular weight is 395 g/mol. The molecule has 0 aliphatic carbocycles. The highest BCUT2D eigenvalue weighted by Gasteiger charge is 2.28. The van der Waals surface area contributed by atoms with Crippen LogP contribution in [0.2, 0.25) is 5.02 Å². The molecule has 0 aliphatic rings. The molecule has 0 spiro atoms. The number of anilines is 1. The Kier molecular flexibility index (Phi) is 7.06. The van der Waals surface area contributed by atoms with Crippen LogP contribution in [0.4, 0.5) is 5.69 Å². The van der Waals surface area contributed by atoms with Gasteiger partial charge in [-0.15, -0.1) is 0 Å². The van der Waals surface area contributed by atoms with E-state index in [0.29, 0.717) is 22.8 Å². The molecule has 0 saturated carbocycles. The number of hydrogen-bond acceptors (Lipinski definition) is 3. The van der Waals surface area contributed by atoms with Crippen LogP contribution in [0.3, 0.4) is 0 Å². The summed E-state index contributed by atoms with van der Waals surface area (Å²) in [6.45, 7) is 3.97. The van der Waals surface area contributed by atoms with E-state index in [0.717, 1.165) is 17.1 Å². The molecular formula is C19H23ClN2O3S. The highest BCUT2D eigenvalue weighted by molar-refractivity contribution is 7.92. The largest absolute Gasteiger partial charge is 0.355 e. The first-order valence-electron chi connectivity index (χ1n) is 8.47. The molecule has 0 fully saturated rings. The highest BCUT2D eigenvalue weighted by Crippen LogP contribution is 2.30. The number of carbonyl (C=O) groups is 1. The molecule has 2 aromatic carbocycles. The predicted octanol–water partition coefficient (Wildman–Crippen LogP) is 3.76. The fourth-order valence-electron chi connectivity index (χ4n) is 2.48. The van der Waals surface area contributed by atoms with Gasteiger partial charge in [0.15, 0.2) is 0 Å². The second kappa shape index (κ2) is 9.05. The summed E-state index contributed by atoms with van der Waals surface area (Å²) in [5.74, 6) is -0.350. The minimum atomic E-state index is -3.91. The fourth-order valence-corrected chi connectivity index (χ4v) is 4.15. The molecule has 2 rings (SSSR count). The number of amides is 1. The van der Waals surface area contributed by atoms with E-state index in [9.17, 15) is 13.2 Å². The third-order valence-corrected chi connectivity index (χ3v) is 6.16. The number of carbonyl (C=O) groups excluding carboxylic acids is 1. The third-order valence-electron chi connectivity index (χ3n) is 3.98. The summed E-state index contributed by atoms with van der Waals surface area (Å²) in [7, 11) is -3.91. The third kappa shape index (κ3) is 4.77. The van der Waals surface area contributed by atoms with E-state index < -0.39 is 10.0 Å². The predicted molar refractivity (Wildman–Crippen MR) is 105 cm³/mol. The molecule has 0 radical (unpaired) electrons. The molecule has 5 nitrogen and oxygen atoms in total. The lowest BCUT2D eigenvalue weighted by atomic mass is 10.2. The molecule has 2 aromatic rings. The van der Waals surface area contributed by atoms with Gasteiger partial charge in [-0.1, -0.05) is 49.2 Å². The van der Waals surface area contributed by atoms with Crippen molar-refractivity contribution in [2.45, 2.75) is 31.6 Å². The van der Waals surface area contributed by atoms with Gasteiger partial charge in [-0.05, 0) is 43.2 Å². The van der Waals surface area contributed by atoms with Gasteiger partial charge in [0.2, 0.25) is 5.91 Å². The van der Waals surface area contributed by atoms with Crippen molar-refractivity contribution < 1.29 is 13.2 Å². The van der Waals surface area contributed by atoms with Crippen molar-refractivity contribution in [1.82, 2.24) is 5.32 Å². The van der Waals surface area contributed by atoms with Crippen molar-refractivity contribution in [2.75, 3.05) is 17.4 Å². The molecule has 0 aromatic heterocycles. The Balaban J connectivity index is 2.42. The molecule has 7 heteroatoms. The SMILES string of the molecule is CCCCNC(=O)CN(c1cccc(Cl)c1C)S(=O)(=O)c1ccccc1. The van der Waals surface area contributed by atoms with Crippen LogP contribution in [-0.4, -0.2) is 27.4 Å². The average Bonchev–Trinajstić information content (AvgIpc) is 2.63. The number of nitrogens with zero attached hydrogens (tertiary/aromatic N) is 1. The summed E-state index contributed by atoms with van der Waals surface area (Å²) in [6, 6.07) is 13.1. The summed E-state index contributed by atoms with van der Waals surface area (Å²) in [6.07, 6.45) is 1.78. The molecule has 0 aliphatic heterocycles. The van der Waals surface area contributed by atoms with Crippen molar-refractivity contribution in [3.63, 3.8) is 0 Å². The number of hydrogen-bond donors (Lipinski definition) is 1. The zero-order valence-electron chi connectivity index (χ0n) is 14.9. The standard InChI is InChI=1S/C19H23ClN2O3S/c1-3-4-13-21-19(23)14-22(18-12-8-11-17(20)15(18)2)26(24,25)16-9-6-5-7-10-16/h5-12H,3-4,13-14H2,1-2H3,(H,21,23). The lowest BCUT2D eigenvalue weighted by Crippen LogP contribution is -2.41. The van der Waals surface area contributed by atoms with Crippen LogP contribution < -0.4 is 9.62 Å². The molecule has 0 heterocycles. The molecule has 140 valence electrons. The maximum atomic E-state index is 13.2. The van der Waals surface area contributed by atoms with Crippen LogP contribution in [0.25, 0.3) is 0 Å². The summed E-state index contributed by atoms with van der Waals surface area (Å²) in [5.41, 5.74) is 1.00. The first-order valence-corrected chi connectivity index (χ1v) is 10.3. The zero-order valence-corrected chi connectivity index (χ0v) is 16.5. The van der Waals surface area contributed by atoms with Crippen LogP contribution in [0, 0.1) is 6.92 Å². The number of sulfonamides is 1. The van der Waals surface area contributed by atoms with E-state index >= 15 is 0 Å². The van der Waals surface area contributed by atoms with E-state index in [1.807, 2.05) is 6.92 Å². The van der Waals surface area contributed by atoms with E-state index in [1.54, 1.807) is 43.3 Å². The van der Waals surface area contributed by atoms with E-state index in [4.69, 9.17) is 11.6 Å². The molecule has 0 unspecified atom stereocenters.